The van der Waals surface area contributed by atoms with E-state index in [1.807, 2.05) is 0 Å². The Kier molecular flexibility index (Phi) is 3.09. The van der Waals surface area contributed by atoms with E-state index in [1.54, 1.807) is 0 Å². The molecule has 0 unspecified atom stereocenters. The first-order valence-electron chi connectivity index (χ1n) is 2.56. The van der Waals surface area contributed by atoms with Crippen molar-refractivity contribution >= 4 is 55.1 Å². The highest BCUT2D eigenvalue weighted by Crippen LogP contribution is 2.41. The van der Waals surface area contributed by atoms with Gasteiger partial charge in [-0.3, -0.25) is 0 Å². The van der Waals surface area contributed by atoms with Gasteiger partial charge in [0.2, 0.25) is 0 Å². The summed E-state index contributed by atoms with van der Waals surface area (Å²) in [5.41, 5.74) is 0. The Labute approximate surface area is 90.6 Å². The highest BCUT2D eigenvalue weighted by atomic mass is 79.9. The van der Waals surface area contributed by atoms with Crippen molar-refractivity contribution in [2.75, 3.05) is 0 Å². The highest BCUT2D eigenvalue weighted by molar-refractivity contribution is 9.11. The fraction of sp³-hybridized carbons (Fsp3) is 0. The van der Waals surface area contributed by atoms with E-state index in [2.05, 4.69) is 31.9 Å². The smallest absolute Gasteiger partial charge is 0.146 e. The summed E-state index contributed by atoms with van der Waals surface area (Å²) >= 11 is 17.5. The Bertz CT molecular complexity index is 275. The molecule has 0 saturated heterocycles. The highest BCUT2D eigenvalue weighted by Gasteiger charge is 2.10. The molecule has 1 aromatic carbocycles. The largest absolute Gasteiger partial charge is 0.505 e. The molecule has 0 atom stereocenters. The van der Waals surface area contributed by atoms with Crippen molar-refractivity contribution < 1.29 is 5.11 Å². The molecule has 0 heterocycles. The molecule has 0 aliphatic rings. The Morgan fingerprint density at radius 1 is 1.09 bits per heavy atom. The van der Waals surface area contributed by atoms with Crippen molar-refractivity contribution in [1.82, 2.24) is 0 Å². The van der Waals surface area contributed by atoms with Gasteiger partial charge in [0.25, 0.3) is 0 Å². The molecule has 0 aliphatic carbocycles. The zero-order chi connectivity index (χ0) is 8.59. The molecule has 1 nitrogen and oxygen atoms in total. The summed E-state index contributed by atoms with van der Waals surface area (Å²) in [5, 5.41) is 10.1. The molecule has 0 radical (unpaired) electrons. The number of phenols is 1. The number of rotatable bonds is 0. The summed E-state index contributed by atoms with van der Waals surface area (Å²) in [6.45, 7) is 0. The molecule has 11 heavy (non-hydrogen) atoms. The fourth-order valence-corrected chi connectivity index (χ4v) is 1.91. The summed E-state index contributed by atoms with van der Waals surface area (Å²) in [6, 6.07) is 1.54. The molecule has 0 saturated carbocycles. The van der Waals surface area contributed by atoms with Crippen LogP contribution in [-0.2, 0) is 0 Å². The lowest BCUT2D eigenvalue weighted by Crippen LogP contribution is -1.75. The van der Waals surface area contributed by atoms with Crippen molar-refractivity contribution in [2.24, 2.45) is 0 Å². The van der Waals surface area contributed by atoms with Crippen LogP contribution in [0.1, 0.15) is 0 Å². The van der Waals surface area contributed by atoms with E-state index in [9.17, 15) is 5.11 Å². The Morgan fingerprint density at radius 2 is 1.45 bits per heavy atom. The minimum Gasteiger partial charge on any atom is -0.505 e. The molecule has 1 rings (SSSR count). The third kappa shape index (κ3) is 1.83. The second-order valence-electron chi connectivity index (χ2n) is 1.82. The van der Waals surface area contributed by atoms with Gasteiger partial charge in [-0.2, -0.15) is 0 Å². The number of hydrogen-bond acceptors (Lipinski definition) is 1. The SMILES string of the molecule is Oc1c(Br)c(Cl)cc(Cl)c1Br. The van der Waals surface area contributed by atoms with Gasteiger partial charge in [-0.1, -0.05) is 23.2 Å². The van der Waals surface area contributed by atoms with Crippen LogP contribution >= 0.6 is 55.1 Å². The molecule has 0 fully saturated rings. The van der Waals surface area contributed by atoms with Crippen LogP contribution in [0.5, 0.6) is 5.75 Å². The zero-order valence-corrected chi connectivity index (χ0v) is 9.72. The molecule has 0 spiro atoms. The van der Waals surface area contributed by atoms with Crippen molar-refractivity contribution in [3.8, 4) is 5.75 Å². The van der Waals surface area contributed by atoms with Gasteiger partial charge < -0.3 is 5.11 Å². The first kappa shape index (κ1) is 9.65. The minimum atomic E-state index is 0.0162. The summed E-state index contributed by atoms with van der Waals surface area (Å²) in [5.74, 6) is 0.0162. The first-order chi connectivity index (χ1) is 5.04. The van der Waals surface area contributed by atoms with Crippen molar-refractivity contribution in [2.45, 2.75) is 0 Å². The predicted octanol–water partition coefficient (Wildman–Crippen LogP) is 4.22. The number of halogens is 4. The molecular weight excluding hydrogens is 319 g/mol. The van der Waals surface area contributed by atoms with Gasteiger partial charge in [-0.05, 0) is 37.9 Å². The summed E-state index contributed by atoms with van der Waals surface area (Å²) in [4.78, 5) is 0. The summed E-state index contributed by atoms with van der Waals surface area (Å²) in [7, 11) is 0. The topological polar surface area (TPSA) is 20.2 Å². The maximum absolute atomic E-state index is 9.31. The molecule has 0 amide bonds. The van der Waals surface area contributed by atoms with Crippen LogP contribution in [0.4, 0.5) is 0 Å². The van der Waals surface area contributed by atoms with E-state index in [1.165, 1.54) is 6.07 Å². The first-order valence-corrected chi connectivity index (χ1v) is 4.90. The maximum Gasteiger partial charge on any atom is 0.146 e. The molecule has 1 N–H and O–H groups in total. The molecular formula is C6H2Br2Cl2O. The summed E-state index contributed by atoms with van der Waals surface area (Å²) < 4.78 is 0.880. The second kappa shape index (κ2) is 3.52. The van der Waals surface area contributed by atoms with E-state index in [4.69, 9.17) is 23.2 Å². The van der Waals surface area contributed by atoms with Crippen molar-refractivity contribution in [3.63, 3.8) is 0 Å². The molecule has 5 heteroatoms. The van der Waals surface area contributed by atoms with Crippen LogP contribution in [-0.4, -0.2) is 5.11 Å². The van der Waals surface area contributed by atoms with E-state index in [0.717, 1.165) is 0 Å². The van der Waals surface area contributed by atoms with Gasteiger partial charge in [-0.15, -0.1) is 0 Å². The lowest BCUT2D eigenvalue weighted by molar-refractivity contribution is 0.468. The third-order valence-electron chi connectivity index (χ3n) is 1.09. The van der Waals surface area contributed by atoms with Crippen LogP contribution in [0, 0.1) is 0 Å². The summed E-state index contributed by atoms with van der Waals surface area (Å²) in [6.07, 6.45) is 0. The van der Waals surface area contributed by atoms with Gasteiger partial charge >= 0.3 is 0 Å². The van der Waals surface area contributed by atoms with E-state index < -0.39 is 0 Å². The average Bonchev–Trinajstić information content (AvgIpc) is 1.97. The Hall–Kier alpha value is 0.560. The Balaban J connectivity index is 3.46. The van der Waals surface area contributed by atoms with Crippen LogP contribution in [0.15, 0.2) is 15.0 Å². The van der Waals surface area contributed by atoms with Crippen LogP contribution in [0.3, 0.4) is 0 Å². The standard InChI is InChI=1S/C6H2Br2Cl2O/c7-4-2(9)1-3(10)5(8)6(4)11/h1,11H. The lowest BCUT2D eigenvalue weighted by atomic mass is 10.3. The predicted molar refractivity (Wildman–Crippen MR) is 53.5 cm³/mol. The third-order valence-corrected chi connectivity index (χ3v) is 3.75. The molecule has 0 aliphatic heterocycles. The average molecular weight is 321 g/mol. The fourth-order valence-electron chi connectivity index (χ4n) is 0.561. The van der Waals surface area contributed by atoms with Gasteiger partial charge in [0, 0.05) is 0 Å². The minimum absolute atomic E-state index is 0.0162. The maximum atomic E-state index is 9.31. The van der Waals surface area contributed by atoms with Crippen molar-refractivity contribution in [1.29, 1.82) is 0 Å². The van der Waals surface area contributed by atoms with Crippen molar-refractivity contribution in [3.05, 3.63) is 25.1 Å². The van der Waals surface area contributed by atoms with Gasteiger partial charge in [0.1, 0.15) is 5.75 Å². The van der Waals surface area contributed by atoms with Crippen LogP contribution in [0.25, 0.3) is 0 Å². The zero-order valence-electron chi connectivity index (χ0n) is 5.04. The lowest BCUT2D eigenvalue weighted by Gasteiger charge is -2.03. The van der Waals surface area contributed by atoms with Gasteiger partial charge in [0.15, 0.2) is 0 Å². The van der Waals surface area contributed by atoms with E-state index in [-0.39, 0.29) is 5.75 Å². The molecule has 60 valence electrons. The number of phenolic OH excluding ortho intramolecular Hbond substituents is 1. The second-order valence-corrected chi connectivity index (χ2v) is 4.22. The molecule has 0 aromatic heterocycles. The molecule has 1 aromatic rings. The van der Waals surface area contributed by atoms with E-state index >= 15 is 0 Å². The quantitative estimate of drug-likeness (QED) is 0.709. The molecule has 0 bridgehead atoms. The monoisotopic (exact) mass is 318 g/mol. The normalized spacial score (nSPS) is 10.2. The number of aromatic hydroxyl groups is 1. The van der Waals surface area contributed by atoms with E-state index in [0.29, 0.717) is 19.0 Å². The van der Waals surface area contributed by atoms with Crippen LogP contribution in [0.2, 0.25) is 10.0 Å². The van der Waals surface area contributed by atoms with Crippen LogP contribution < -0.4 is 0 Å². The number of benzene rings is 1. The number of hydrogen-bond donors (Lipinski definition) is 1. The van der Waals surface area contributed by atoms with Gasteiger partial charge in [-0.25, -0.2) is 0 Å². The Morgan fingerprint density at radius 3 is 1.82 bits per heavy atom. The van der Waals surface area contributed by atoms with Gasteiger partial charge in [0.05, 0.1) is 19.0 Å².